The minimum atomic E-state index is 0.143. The first-order valence-electron chi connectivity index (χ1n) is 4.83. The Balaban J connectivity index is 1.87. The molecule has 0 radical (unpaired) electrons. The first-order chi connectivity index (χ1) is 7.25. The molecule has 1 aliphatic rings. The molecule has 1 heterocycles. The van der Waals surface area contributed by atoms with Gasteiger partial charge in [0, 0.05) is 5.02 Å². The number of benzene rings is 1. The number of hydrogen-bond donors (Lipinski definition) is 0. The lowest BCUT2D eigenvalue weighted by Gasteiger charge is -2.13. The van der Waals surface area contributed by atoms with Crippen molar-refractivity contribution in [3.8, 4) is 0 Å². The lowest BCUT2D eigenvalue weighted by atomic mass is 10.2. The molecule has 4 heteroatoms. The molecular formula is C11H12BrClO2. The number of rotatable bonds is 3. The van der Waals surface area contributed by atoms with Crippen LogP contribution in [0.5, 0.6) is 0 Å². The molecule has 2 rings (SSSR count). The number of hydrogen-bond acceptors (Lipinski definition) is 2. The van der Waals surface area contributed by atoms with Crippen molar-refractivity contribution in [2.75, 3.05) is 13.2 Å². The highest BCUT2D eigenvalue weighted by Gasteiger charge is 2.26. The molecule has 0 spiro atoms. The van der Waals surface area contributed by atoms with Gasteiger partial charge in [-0.15, -0.1) is 0 Å². The molecule has 1 aromatic rings. The van der Waals surface area contributed by atoms with E-state index in [2.05, 4.69) is 15.9 Å². The lowest BCUT2D eigenvalue weighted by molar-refractivity contribution is 0.0339. The highest BCUT2D eigenvalue weighted by Crippen LogP contribution is 2.19. The molecule has 2 nitrogen and oxygen atoms in total. The number of alkyl halides is 1. The fourth-order valence-corrected chi connectivity index (χ4v) is 2.20. The first-order valence-corrected chi connectivity index (χ1v) is 6.13. The maximum Gasteiger partial charge on any atom is 0.0959 e. The van der Waals surface area contributed by atoms with Crippen LogP contribution in [-0.4, -0.2) is 24.1 Å². The average Bonchev–Trinajstić information content (AvgIpc) is 2.61. The third-order valence-electron chi connectivity index (χ3n) is 2.32. The van der Waals surface area contributed by atoms with Gasteiger partial charge in [-0.2, -0.15) is 0 Å². The smallest absolute Gasteiger partial charge is 0.0959 e. The van der Waals surface area contributed by atoms with Gasteiger partial charge in [-0.1, -0.05) is 39.7 Å². The summed E-state index contributed by atoms with van der Waals surface area (Å²) in [6, 6.07) is 7.71. The predicted molar refractivity (Wildman–Crippen MR) is 63.6 cm³/mol. The van der Waals surface area contributed by atoms with Crippen LogP contribution in [0.3, 0.4) is 0 Å². The standard InChI is InChI=1S/C11H12BrClO2/c12-10-6-14-7-11(10)15-5-8-2-1-3-9(13)4-8/h1-4,10-11H,5-7H2. The Morgan fingerprint density at radius 1 is 1.47 bits per heavy atom. The van der Waals surface area contributed by atoms with Gasteiger partial charge < -0.3 is 9.47 Å². The summed E-state index contributed by atoms with van der Waals surface area (Å²) in [7, 11) is 0. The molecule has 1 aromatic carbocycles. The van der Waals surface area contributed by atoms with E-state index in [1.807, 2.05) is 24.3 Å². The van der Waals surface area contributed by atoms with Gasteiger partial charge in [-0.05, 0) is 17.7 Å². The maximum atomic E-state index is 5.88. The molecule has 1 aliphatic heterocycles. The van der Waals surface area contributed by atoms with Crippen LogP contribution in [0.25, 0.3) is 0 Å². The van der Waals surface area contributed by atoms with Crippen LogP contribution in [0, 0.1) is 0 Å². The van der Waals surface area contributed by atoms with Crippen molar-refractivity contribution < 1.29 is 9.47 Å². The normalized spacial score (nSPS) is 25.7. The molecule has 82 valence electrons. The Morgan fingerprint density at radius 2 is 2.33 bits per heavy atom. The molecule has 0 N–H and O–H groups in total. The van der Waals surface area contributed by atoms with Crippen molar-refractivity contribution in [2.24, 2.45) is 0 Å². The van der Waals surface area contributed by atoms with Gasteiger partial charge in [0.15, 0.2) is 0 Å². The first kappa shape index (κ1) is 11.4. The third kappa shape index (κ3) is 3.18. The van der Waals surface area contributed by atoms with E-state index >= 15 is 0 Å². The highest BCUT2D eigenvalue weighted by atomic mass is 79.9. The van der Waals surface area contributed by atoms with Crippen molar-refractivity contribution in [3.05, 3.63) is 34.9 Å². The predicted octanol–water partition coefficient (Wildman–Crippen LogP) is 3.02. The maximum absolute atomic E-state index is 5.88. The van der Waals surface area contributed by atoms with Crippen LogP contribution < -0.4 is 0 Å². The summed E-state index contributed by atoms with van der Waals surface area (Å²) in [4.78, 5) is 0.302. The lowest BCUT2D eigenvalue weighted by Crippen LogP contribution is -2.21. The second-order valence-corrected chi connectivity index (χ2v) is 5.15. The number of halogens is 2. The van der Waals surface area contributed by atoms with Crippen LogP contribution >= 0.6 is 27.5 Å². The topological polar surface area (TPSA) is 18.5 Å². The van der Waals surface area contributed by atoms with Crippen LogP contribution in [-0.2, 0) is 16.1 Å². The molecule has 15 heavy (non-hydrogen) atoms. The quantitative estimate of drug-likeness (QED) is 0.797. The van der Waals surface area contributed by atoms with Crippen molar-refractivity contribution in [1.29, 1.82) is 0 Å². The highest BCUT2D eigenvalue weighted by molar-refractivity contribution is 9.09. The van der Waals surface area contributed by atoms with Gasteiger partial charge in [0.25, 0.3) is 0 Å². The molecule has 0 amide bonds. The summed E-state index contributed by atoms with van der Waals surface area (Å²) >= 11 is 9.40. The van der Waals surface area contributed by atoms with Crippen LogP contribution in [0.15, 0.2) is 24.3 Å². The average molecular weight is 292 g/mol. The molecular weight excluding hydrogens is 279 g/mol. The monoisotopic (exact) mass is 290 g/mol. The van der Waals surface area contributed by atoms with Crippen LogP contribution in [0.4, 0.5) is 0 Å². The molecule has 0 aromatic heterocycles. The summed E-state index contributed by atoms with van der Waals surface area (Å²) in [5.74, 6) is 0. The number of ether oxygens (including phenoxy) is 2. The molecule has 1 fully saturated rings. The molecule has 2 atom stereocenters. The van der Waals surface area contributed by atoms with Crippen LogP contribution in [0.2, 0.25) is 5.02 Å². The second-order valence-electron chi connectivity index (χ2n) is 3.53. The van der Waals surface area contributed by atoms with Crippen molar-refractivity contribution >= 4 is 27.5 Å². The fourth-order valence-electron chi connectivity index (χ4n) is 1.49. The van der Waals surface area contributed by atoms with Gasteiger partial charge in [0.05, 0.1) is 30.8 Å². The van der Waals surface area contributed by atoms with Crippen LogP contribution in [0.1, 0.15) is 5.56 Å². The van der Waals surface area contributed by atoms with E-state index in [4.69, 9.17) is 21.1 Å². The Labute approximate surface area is 103 Å². The van der Waals surface area contributed by atoms with Gasteiger partial charge in [-0.25, -0.2) is 0 Å². The zero-order valence-corrected chi connectivity index (χ0v) is 10.5. The summed E-state index contributed by atoms with van der Waals surface area (Å²) in [6.07, 6.45) is 0.143. The second kappa shape index (κ2) is 5.30. The fraction of sp³-hybridized carbons (Fsp3) is 0.455. The summed E-state index contributed by atoms with van der Waals surface area (Å²) in [5.41, 5.74) is 1.09. The Morgan fingerprint density at radius 3 is 3.00 bits per heavy atom. The molecule has 1 saturated heterocycles. The van der Waals surface area contributed by atoms with E-state index in [-0.39, 0.29) is 6.10 Å². The van der Waals surface area contributed by atoms with Gasteiger partial charge >= 0.3 is 0 Å². The molecule has 0 saturated carbocycles. The minimum absolute atomic E-state index is 0.143. The van der Waals surface area contributed by atoms with Crippen molar-refractivity contribution in [2.45, 2.75) is 17.5 Å². The zero-order chi connectivity index (χ0) is 10.7. The van der Waals surface area contributed by atoms with Crippen molar-refractivity contribution in [3.63, 3.8) is 0 Å². The summed E-state index contributed by atoms with van der Waals surface area (Å²) < 4.78 is 11.0. The van der Waals surface area contributed by atoms with Gasteiger partial charge in [0.1, 0.15) is 0 Å². The van der Waals surface area contributed by atoms with Crippen molar-refractivity contribution in [1.82, 2.24) is 0 Å². The van der Waals surface area contributed by atoms with E-state index in [9.17, 15) is 0 Å². The van der Waals surface area contributed by atoms with E-state index in [0.29, 0.717) is 18.0 Å². The summed E-state index contributed by atoms with van der Waals surface area (Å²) in [5, 5.41) is 0.745. The molecule has 0 aliphatic carbocycles. The Hall–Kier alpha value is -0.0900. The van der Waals surface area contributed by atoms with E-state index in [1.165, 1.54) is 0 Å². The van der Waals surface area contributed by atoms with E-state index in [1.54, 1.807) is 0 Å². The van der Waals surface area contributed by atoms with Gasteiger partial charge in [-0.3, -0.25) is 0 Å². The Bertz CT molecular complexity index is 332. The SMILES string of the molecule is Clc1cccc(COC2COCC2Br)c1. The van der Waals surface area contributed by atoms with E-state index in [0.717, 1.165) is 17.2 Å². The summed E-state index contributed by atoms with van der Waals surface area (Å²) in [6.45, 7) is 1.97. The molecule has 2 unspecified atom stereocenters. The zero-order valence-electron chi connectivity index (χ0n) is 8.16. The minimum Gasteiger partial charge on any atom is -0.377 e. The molecule has 0 bridgehead atoms. The largest absolute Gasteiger partial charge is 0.377 e. The van der Waals surface area contributed by atoms with E-state index < -0.39 is 0 Å². The Kier molecular flexibility index (Phi) is 4.03. The third-order valence-corrected chi connectivity index (χ3v) is 3.40. The van der Waals surface area contributed by atoms with Gasteiger partial charge in [0.2, 0.25) is 0 Å².